The summed E-state index contributed by atoms with van der Waals surface area (Å²) in [4.78, 5) is 0. The molecule has 0 rings (SSSR count). The average molecular weight is 131 g/mol. The van der Waals surface area contributed by atoms with E-state index in [2.05, 4.69) is 20.0 Å². The standard InChI is InChI=1S/C6H15OSi/c1-4-5-6-7-8(2)3/h6,8H,4-5H2,1-3H3. The summed E-state index contributed by atoms with van der Waals surface area (Å²) < 4.78 is 5.30. The minimum Gasteiger partial charge on any atom is -0.415 e. The average Bonchev–Trinajstić information content (AvgIpc) is 1.66. The predicted molar refractivity (Wildman–Crippen MR) is 39.2 cm³/mol. The first-order chi connectivity index (χ1) is 3.77. The van der Waals surface area contributed by atoms with Gasteiger partial charge >= 0.3 is 0 Å². The van der Waals surface area contributed by atoms with E-state index < -0.39 is 9.04 Å². The molecular weight excluding hydrogens is 116 g/mol. The fourth-order valence-electron chi connectivity index (χ4n) is 0.378. The molecule has 8 heavy (non-hydrogen) atoms. The molecular formula is C6H15OSi. The number of rotatable bonds is 4. The van der Waals surface area contributed by atoms with Crippen LogP contribution >= 0.6 is 0 Å². The Morgan fingerprint density at radius 1 is 1.50 bits per heavy atom. The van der Waals surface area contributed by atoms with Gasteiger partial charge in [0.1, 0.15) is 0 Å². The molecule has 0 spiro atoms. The molecule has 0 amide bonds. The van der Waals surface area contributed by atoms with Gasteiger partial charge in [0.05, 0.1) is 6.61 Å². The first-order valence-corrected chi connectivity index (χ1v) is 6.02. The summed E-state index contributed by atoms with van der Waals surface area (Å²) in [7, 11) is -0.758. The molecule has 1 nitrogen and oxygen atoms in total. The first-order valence-electron chi connectivity index (χ1n) is 3.24. The third-order valence-electron chi connectivity index (χ3n) is 0.775. The van der Waals surface area contributed by atoms with Crippen LogP contribution < -0.4 is 0 Å². The van der Waals surface area contributed by atoms with Gasteiger partial charge in [-0.2, -0.15) is 0 Å². The highest BCUT2D eigenvalue weighted by molar-refractivity contribution is 6.48. The van der Waals surface area contributed by atoms with E-state index in [0.29, 0.717) is 0 Å². The van der Waals surface area contributed by atoms with E-state index >= 15 is 0 Å². The van der Waals surface area contributed by atoms with Crippen LogP contribution in [-0.2, 0) is 4.43 Å². The molecule has 1 radical (unpaired) electrons. The van der Waals surface area contributed by atoms with Crippen LogP contribution in [-0.4, -0.2) is 9.04 Å². The van der Waals surface area contributed by atoms with Gasteiger partial charge in [-0.1, -0.05) is 13.3 Å². The van der Waals surface area contributed by atoms with Crippen molar-refractivity contribution in [3.63, 3.8) is 0 Å². The summed E-state index contributed by atoms with van der Waals surface area (Å²) in [5, 5.41) is 0. The van der Waals surface area contributed by atoms with Crippen molar-refractivity contribution < 1.29 is 4.43 Å². The molecule has 0 aromatic rings. The van der Waals surface area contributed by atoms with E-state index in [1.807, 2.05) is 6.61 Å². The van der Waals surface area contributed by atoms with Crippen molar-refractivity contribution >= 4 is 9.04 Å². The maximum Gasteiger partial charge on any atom is 0.171 e. The van der Waals surface area contributed by atoms with Crippen molar-refractivity contribution in [3.8, 4) is 0 Å². The van der Waals surface area contributed by atoms with E-state index in [1.54, 1.807) is 0 Å². The molecule has 0 unspecified atom stereocenters. The Balaban J connectivity index is 2.72. The van der Waals surface area contributed by atoms with E-state index in [0.717, 1.165) is 6.42 Å². The van der Waals surface area contributed by atoms with Gasteiger partial charge in [-0.15, -0.1) is 0 Å². The molecule has 0 aliphatic carbocycles. The predicted octanol–water partition coefficient (Wildman–Crippen LogP) is 1.95. The lowest BCUT2D eigenvalue weighted by Gasteiger charge is -2.02. The summed E-state index contributed by atoms with van der Waals surface area (Å²) >= 11 is 0. The fraction of sp³-hybridized carbons (Fsp3) is 0.833. The van der Waals surface area contributed by atoms with Crippen molar-refractivity contribution in [2.45, 2.75) is 32.9 Å². The molecule has 2 heteroatoms. The first kappa shape index (κ1) is 8.18. The number of hydrogen-bond acceptors (Lipinski definition) is 1. The Hall–Kier alpha value is 0.177. The van der Waals surface area contributed by atoms with Gasteiger partial charge in [0.25, 0.3) is 0 Å². The van der Waals surface area contributed by atoms with Crippen LogP contribution in [0.25, 0.3) is 0 Å². The van der Waals surface area contributed by atoms with Crippen molar-refractivity contribution in [2.24, 2.45) is 0 Å². The Bertz CT molecular complexity index is 45.8. The second kappa shape index (κ2) is 5.32. The van der Waals surface area contributed by atoms with Crippen LogP contribution in [0, 0.1) is 6.61 Å². The Kier molecular flexibility index (Phi) is 5.43. The molecule has 0 atom stereocenters. The summed E-state index contributed by atoms with van der Waals surface area (Å²) in [6.45, 7) is 8.44. The molecule has 49 valence electrons. The van der Waals surface area contributed by atoms with Crippen molar-refractivity contribution in [1.29, 1.82) is 0 Å². The molecule has 0 bridgehead atoms. The van der Waals surface area contributed by atoms with E-state index in [-0.39, 0.29) is 0 Å². The quantitative estimate of drug-likeness (QED) is 0.418. The van der Waals surface area contributed by atoms with Crippen LogP contribution in [0.1, 0.15) is 19.8 Å². The van der Waals surface area contributed by atoms with Gasteiger partial charge in [0.2, 0.25) is 0 Å². The Morgan fingerprint density at radius 3 is 2.50 bits per heavy atom. The van der Waals surface area contributed by atoms with Gasteiger partial charge in [0.15, 0.2) is 9.04 Å². The minimum absolute atomic E-state index is 0.758. The zero-order chi connectivity index (χ0) is 6.41. The van der Waals surface area contributed by atoms with Crippen LogP contribution in [0.2, 0.25) is 13.1 Å². The van der Waals surface area contributed by atoms with Gasteiger partial charge in [-0.3, -0.25) is 0 Å². The van der Waals surface area contributed by atoms with E-state index in [9.17, 15) is 0 Å². The molecule has 0 aliphatic heterocycles. The third-order valence-corrected chi connectivity index (χ3v) is 1.51. The minimum atomic E-state index is -0.758. The zero-order valence-electron chi connectivity index (χ0n) is 5.98. The molecule has 0 saturated carbocycles. The summed E-state index contributed by atoms with van der Waals surface area (Å²) in [5.74, 6) is 0. The molecule has 0 fully saturated rings. The Morgan fingerprint density at radius 2 is 2.12 bits per heavy atom. The zero-order valence-corrected chi connectivity index (χ0v) is 7.13. The lowest BCUT2D eigenvalue weighted by Crippen LogP contribution is -2.04. The largest absolute Gasteiger partial charge is 0.415 e. The normalized spacial score (nSPS) is 10.5. The van der Waals surface area contributed by atoms with Gasteiger partial charge in [-0.25, -0.2) is 0 Å². The highest BCUT2D eigenvalue weighted by Crippen LogP contribution is 1.95. The molecule has 0 aliphatic rings. The van der Waals surface area contributed by atoms with Crippen molar-refractivity contribution in [3.05, 3.63) is 6.61 Å². The smallest absolute Gasteiger partial charge is 0.171 e. The second-order valence-corrected chi connectivity index (χ2v) is 4.51. The van der Waals surface area contributed by atoms with Crippen LogP contribution in [0.15, 0.2) is 0 Å². The van der Waals surface area contributed by atoms with Crippen LogP contribution in [0.4, 0.5) is 0 Å². The molecule has 0 N–H and O–H groups in total. The van der Waals surface area contributed by atoms with Gasteiger partial charge in [-0.05, 0) is 19.5 Å². The SMILES string of the molecule is CCC[CH]O[SiH](C)C. The van der Waals surface area contributed by atoms with E-state index in [4.69, 9.17) is 4.43 Å². The number of hydrogen-bond donors (Lipinski definition) is 0. The highest BCUT2D eigenvalue weighted by Gasteiger charge is 1.92. The molecule has 0 saturated heterocycles. The molecule has 0 aromatic heterocycles. The number of unbranched alkanes of at least 4 members (excludes halogenated alkanes) is 1. The summed E-state index contributed by atoms with van der Waals surface area (Å²) in [6.07, 6.45) is 2.30. The maximum absolute atomic E-state index is 5.30. The topological polar surface area (TPSA) is 9.23 Å². The van der Waals surface area contributed by atoms with E-state index in [1.165, 1.54) is 6.42 Å². The fourth-order valence-corrected chi connectivity index (χ4v) is 0.899. The maximum atomic E-state index is 5.30. The van der Waals surface area contributed by atoms with Gasteiger partial charge in [0, 0.05) is 0 Å². The lowest BCUT2D eigenvalue weighted by atomic mass is 10.4. The third kappa shape index (κ3) is 6.18. The van der Waals surface area contributed by atoms with Crippen LogP contribution in [0.5, 0.6) is 0 Å². The lowest BCUT2D eigenvalue weighted by molar-refractivity contribution is 0.402. The van der Waals surface area contributed by atoms with Crippen molar-refractivity contribution in [2.75, 3.05) is 0 Å². The summed E-state index contributed by atoms with van der Waals surface area (Å²) in [6, 6.07) is 0. The van der Waals surface area contributed by atoms with Gasteiger partial charge < -0.3 is 4.43 Å². The second-order valence-electron chi connectivity index (χ2n) is 2.14. The molecule has 0 heterocycles. The highest BCUT2D eigenvalue weighted by atomic mass is 28.3. The Labute approximate surface area is 53.8 Å². The van der Waals surface area contributed by atoms with Crippen LogP contribution in [0.3, 0.4) is 0 Å². The summed E-state index contributed by atoms with van der Waals surface area (Å²) in [5.41, 5.74) is 0. The van der Waals surface area contributed by atoms with Crippen molar-refractivity contribution in [1.82, 2.24) is 0 Å². The monoisotopic (exact) mass is 131 g/mol. The molecule has 0 aromatic carbocycles.